The van der Waals surface area contributed by atoms with Crippen LogP contribution in [0, 0.1) is 6.92 Å². The van der Waals surface area contributed by atoms with Gasteiger partial charge in [-0.1, -0.05) is 0 Å². The number of sulfone groups is 1. The zero-order chi connectivity index (χ0) is 15.8. The zero-order valence-corrected chi connectivity index (χ0v) is 13.2. The minimum Gasteiger partial charge on any atom is -0.465 e. The number of amides is 1. The molecule has 116 valence electrons. The fraction of sp³-hybridized carbons (Fsp3) is 0.500. The molecule has 1 N–H and O–H groups in total. The van der Waals surface area contributed by atoms with Crippen LogP contribution in [0.2, 0.25) is 0 Å². The first-order chi connectivity index (χ1) is 9.70. The number of piperazine rings is 1. The van der Waals surface area contributed by atoms with Gasteiger partial charge in [0.1, 0.15) is 0 Å². The van der Waals surface area contributed by atoms with E-state index in [1.54, 1.807) is 19.1 Å². The van der Waals surface area contributed by atoms with Crippen LogP contribution in [0.1, 0.15) is 12.5 Å². The van der Waals surface area contributed by atoms with Crippen LogP contribution in [-0.2, 0) is 9.84 Å². The van der Waals surface area contributed by atoms with Gasteiger partial charge in [-0.15, -0.1) is 0 Å². The molecule has 0 saturated carbocycles. The number of nitrogens with zero attached hydrogens (tertiary/aromatic N) is 2. The third kappa shape index (κ3) is 3.29. The highest BCUT2D eigenvalue weighted by molar-refractivity contribution is 7.90. The molecule has 1 heterocycles. The van der Waals surface area contributed by atoms with Crippen LogP contribution < -0.4 is 4.90 Å². The van der Waals surface area contributed by atoms with Gasteiger partial charge in [0.2, 0.25) is 0 Å². The molecule has 1 unspecified atom stereocenters. The van der Waals surface area contributed by atoms with Crippen molar-refractivity contribution >= 4 is 21.6 Å². The quantitative estimate of drug-likeness (QED) is 0.897. The molecule has 1 aromatic rings. The maximum atomic E-state index is 11.6. The summed E-state index contributed by atoms with van der Waals surface area (Å²) in [6.45, 7) is 5.30. The molecule has 0 radical (unpaired) electrons. The molecular formula is C14H20N2O4S. The van der Waals surface area contributed by atoms with Crippen molar-refractivity contribution in [1.29, 1.82) is 0 Å². The summed E-state index contributed by atoms with van der Waals surface area (Å²) < 4.78 is 23.3. The summed E-state index contributed by atoms with van der Waals surface area (Å²) in [6.07, 6.45) is 0.300. The first kappa shape index (κ1) is 15.6. The smallest absolute Gasteiger partial charge is 0.407 e. The molecule has 1 aliphatic heterocycles. The maximum Gasteiger partial charge on any atom is 0.407 e. The van der Waals surface area contributed by atoms with Crippen LogP contribution in [0.5, 0.6) is 0 Å². The summed E-state index contributed by atoms with van der Waals surface area (Å²) in [7, 11) is -3.22. The van der Waals surface area contributed by atoms with Crippen molar-refractivity contribution in [2.75, 3.05) is 30.8 Å². The predicted molar refractivity (Wildman–Crippen MR) is 80.7 cm³/mol. The van der Waals surface area contributed by atoms with Gasteiger partial charge in [-0.2, -0.15) is 0 Å². The largest absolute Gasteiger partial charge is 0.465 e. The van der Waals surface area contributed by atoms with Gasteiger partial charge in [-0.05, 0) is 37.6 Å². The maximum absolute atomic E-state index is 11.6. The summed E-state index contributed by atoms with van der Waals surface area (Å²) in [5.41, 5.74) is 1.64. The van der Waals surface area contributed by atoms with Gasteiger partial charge < -0.3 is 14.9 Å². The van der Waals surface area contributed by atoms with Crippen molar-refractivity contribution in [2.45, 2.75) is 24.8 Å². The Hall–Kier alpha value is -1.76. The second-order valence-electron chi connectivity index (χ2n) is 5.49. The summed E-state index contributed by atoms with van der Waals surface area (Å²) in [5.74, 6) is 0. The molecule has 1 aliphatic rings. The first-order valence-corrected chi connectivity index (χ1v) is 8.64. The monoisotopic (exact) mass is 312 g/mol. The summed E-state index contributed by atoms with van der Waals surface area (Å²) in [4.78, 5) is 14.9. The van der Waals surface area contributed by atoms with Crippen LogP contribution in [0.4, 0.5) is 10.5 Å². The number of hydrogen-bond acceptors (Lipinski definition) is 4. The molecule has 1 amide bonds. The van der Waals surface area contributed by atoms with E-state index in [2.05, 4.69) is 4.90 Å². The Balaban J connectivity index is 2.21. The predicted octanol–water partition coefficient (Wildman–Crippen LogP) is 1.59. The van der Waals surface area contributed by atoms with Crippen molar-refractivity contribution in [3.63, 3.8) is 0 Å². The third-order valence-corrected chi connectivity index (χ3v) is 5.05. The molecular weight excluding hydrogens is 292 g/mol. The SMILES string of the molecule is Cc1cc(N2CCN(C(=O)O)C(C)C2)ccc1S(C)(=O)=O. The highest BCUT2D eigenvalue weighted by atomic mass is 32.2. The fourth-order valence-corrected chi connectivity index (χ4v) is 3.68. The van der Waals surface area contributed by atoms with Gasteiger partial charge in [-0.3, -0.25) is 0 Å². The molecule has 21 heavy (non-hydrogen) atoms. The van der Waals surface area contributed by atoms with Gasteiger partial charge in [0.25, 0.3) is 0 Å². The van der Waals surface area contributed by atoms with Crippen LogP contribution in [0.25, 0.3) is 0 Å². The van der Waals surface area contributed by atoms with Crippen LogP contribution in [0.15, 0.2) is 23.1 Å². The van der Waals surface area contributed by atoms with Gasteiger partial charge in [0.05, 0.1) is 4.90 Å². The van der Waals surface area contributed by atoms with Crippen LogP contribution >= 0.6 is 0 Å². The fourth-order valence-electron chi connectivity index (χ4n) is 2.72. The van der Waals surface area contributed by atoms with Crippen molar-refractivity contribution in [2.24, 2.45) is 0 Å². The lowest BCUT2D eigenvalue weighted by Crippen LogP contribution is -2.53. The second kappa shape index (κ2) is 5.55. The number of carboxylic acid groups (broad SMARTS) is 1. The topological polar surface area (TPSA) is 77.9 Å². The lowest BCUT2D eigenvalue weighted by molar-refractivity contribution is 0.122. The first-order valence-electron chi connectivity index (χ1n) is 6.75. The Morgan fingerprint density at radius 1 is 1.33 bits per heavy atom. The molecule has 6 nitrogen and oxygen atoms in total. The van der Waals surface area contributed by atoms with Crippen molar-refractivity contribution < 1.29 is 18.3 Å². The lowest BCUT2D eigenvalue weighted by atomic mass is 10.1. The normalized spacial score (nSPS) is 19.7. The Morgan fingerprint density at radius 3 is 2.48 bits per heavy atom. The van der Waals surface area contributed by atoms with Crippen molar-refractivity contribution in [1.82, 2.24) is 4.90 Å². The Kier molecular flexibility index (Phi) is 4.13. The number of carbonyl (C=O) groups is 1. The zero-order valence-electron chi connectivity index (χ0n) is 12.4. The average Bonchev–Trinajstić information content (AvgIpc) is 2.36. The molecule has 1 aromatic carbocycles. The van der Waals surface area contributed by atoms with E-state index in [-0.39, 0.29) is 6.04 Å². The van der Waals surface area contributed by atoms with E-state index in [1.807, 2.05) is 13.0 Å². The molecule has 0 aromatic heterocycles. The minimum absolute atomic E-state index is 0.0915. The number of hydrogen-bond donors (Lipinski definition) is 1. The molecule has 2 rings (SSSR count). The third-order valence-electron chi connectivity index (χ3n) is 3.80. The van der Waals surface area contributed by atoms with E-state index < -0.39 is 15.9 Å². The molecule has 7 heteroatoms. The van der Waals surface area contributed by atoms with E-state index in [4.69, 9.17) is 5.11 Å². The molecule has 1 saturated heterocycles. The lowest BCUT2D eigenvalue weighted by Gasteiger charge is -2.39. The van der Waals surface area contributed by atoms with E-state index in [0.717, 1.165) is 5.69 Å². The highest BCUT2D eigenvalue weighted by Crippen LogP contribution is 2.24. The van der Waals surface area contributed by atoms with E-state index >= 15 is 0 Å². The van der Waals surface area contributed by atoms with Gasteiger partial charge in [0, 0.05) is 37.6 Å². The minimum atomic E-state index is -3.22. The summed E-state index contributed by atoms with van der Waals surface area (Å²) >= 11 is 0. The molecule has 0 bridgehead atoms. The Labute approximate surface area is 124 Å². The molecule has 1 atom stereocenters. The van der Waals surface area contributed by atoms with Crippen molar-refractivity contribution in [3.8, 4) is 0 Å². The second-order valence-corrected chi connectivity index (χ2v) is 7.48. The van der Waals surface area contributed by atoms with Crippen LogP contribution in [-0.4, -0.2) is 56.4 Å². The number of benzene rings is 1. The van der Waals surface area contributed by atoms with Gasteiger partial charge in [-0.25, -0.2) is 13.2 Å². The number of aryl methyl sites for hydroxylation is 1. The number of rotatable bonds is 2. The summed E-state index contributed by atoms with van der Waals surface area (Å²) in [5, 5.41) is 9.08. The highest BCUT2D eigenvalue weighted by Gasteiger charge is 2.27. The summed E-state index contributed by atoms with van der Waals surface area (Å²) in [6, 6.07) is 5.16. The van der Waals surface area contributed by atoms with Gasteiger partial charge in [0.15, 0.2) is 9.84 Å². The molecule has 0 spiro atoms. The van der Waals surface area contributed by atoms with Crippen molar-refractivity contribution in [3.05, 3.63) is 23.8 Å². The molecule has 1 fully saturated rings. The van der Waals surface area contributed by atoms with E-state index in [9.17, 15) is 13.2 Å². The average molecular weight is 312 g/mol. The molecule has 0 aliphatic carbocycles. The van der Waals surface area contributed by atoms with E-state index in [1.165, 1.54) is 11.2 Å². The Bertz CT molecular complexity index is 657. The van der Waals surface area contributed by atoms with Crippen LogP contribution in [0.3, 0.4) is 0 Å². The number of anilines is 1. The standard InChI is InChI=1S/C14H20N2O4S/c1-10-8-12(4-5-13(10)21(3,19)20)15-6-7-16(14(17)18)11(2)9-15/h4-5,8,11H,6-7,9H2,1-3H3,(H,17,18). The van der Waals surface area contributed by atoms with E-state index in [0.29, 0.717) is 30.1 Å². The Morgan fingerprint density at radius 2 is 2.00 bits per heavy atom. The van der Waals surface area contributed by atoms with Gasteiger partial charge >= 0.3 is 6.09 Å².